The number of rotatable bonds is 2. The molecule has 2 heterocycles. The van der Waals surface area contributed by atoms with Crippen LogP contribution in [0.4, 0.5) is 6.01 Å². The number of nitrogen functional groups attached to an aromatic ring is 1. The van der Waals surface area contributed by atoms with E-state index < -0.39 is 0 Å². The predicted octanol–water partition coefficient (Wildman–Crippen LogP) is 3.23. The van der Waals surface area contributed by atoms with E-state index in [-0.39, 0.29) is 11.9 Å². The fourth-order valence-corrected chi connectivity index (χ4v) is 1.68. The third kappa shape index (κ3) is 1.96. The zero-order valence-electron chi connectivity index (χ0n) is 9.13. The van der Waals surface area contributed by atoms with Crippen molar-refractivity contribution in [3.8, 4) is 23.0 Å². The van der Waals surface area contributed by atoms with Crippen LogP contribution in [0.3, 0.4) is 0 Å². The number of nitrogens with zero attached hydrogens (tertiary/aromatic N) is 2. The molecule has 0 aliphatic rings. The van der Waals surface area contributed by atoms with Gasteiger partial charge in [0.1, 0.15) is 5.76 Å². The topological polar surface area (TPSA) is 78.1 Å². The first kappa shape index (κ1) is 10.9. The molecule has 0 unspecified atom stereocenters. The number of aromatic nitrogens is 2. The Labute approximate surface area is 107 Å². The summed E-state index contributed by atoms with van der Waals surface area (Å²) in [6.45, 7) is 0. The lowest BCUT2D eigenvalue weighted by Crippen LogP contribution is -1.81. The minimum absolute atomic E-state index is 0.00874. The molecule has 5 nitrogen and oxygen atoms in total. The van der Waals surface area contributed by atoms with Gasteiger partial charge in [0.15, 0.2) is 5.76 Å². The lowest BCUT2D eigenvalue weighted by atomic mass is 10.2. The summed E-state index contributed by atoms with van der Waals surface area (Å²) in [6.07, 6.45) is 0. The van der Waals surface area contributed by atoms with Gasteiger partial charge in [0.2, 0.25) is 0 Å². The number of nitrogens with two attached hydrogens (primary N) is 1. The Morgan fingerprint density at radius 3 is 2.28 bits per heavy atom. The van der Waals surface area contributed by atoms with Crippen molar-refractivity contribution < 1.29 is 8.83 Å². The summed E-state index contributed by atoms with van der Waals surface area (Å²) in [5, 5.41) is 8.00. The van der Waals surface area contributed by atoms with E-state index in [2.05, 4.69) is 10.2 Å². The van der Waals surface area contributed by atoms with E-state index in [4.69, 9.17) is 26.2 Å². The van der Waals surface area contributed by atoms with Gasteiger partial charge in [-0.3, -0.25) is 0 Å². The average Bonchev–Trinajstić information content (AvgIpc) is 2.98. The number of benzene rings is 1. The van der Waals surface area contributed by atoms with Gasteiger partial charge in [-0.05, 0) is 36.4 Å². The van der Waals surface area contributed by atoms with Gasteiger partial charge >= 0.3 is 6.01 Å². The van der Waals surface area contributed by atoms with Crippen LogP contribution in [0.25, 0.3) is 23.0 Å². The summed E-state index contributed by atoms with van der Waals surface area (Å²) in [6, 6.07) is 10.9. The molecule has 0 saturated heterocycles. The molecule has 0 aliphatic heterocycles. The first-order valence-corrected chi connectivity index (χ1v) is 5.55. The third-order valence-corrected chi connectivity index (χ3v) is 2.64. The van der Waals surface area contributed by atoms with E-state index in [0.29, 0.717) is 16.5 Å². The molecule has 2 N–H and O–H groups in total. The summed E-state index contributed by atoms with van der Waals surface area (Å²) in [5.74, 6) is 1.43. The Morgan fingerprint density at radius 1 is 0.889 bits per heavy atom. The van der Waals surface area contributed by atoms with Crippen LogP contribution >= 0.6 is 11.6 Å². The van der Waals surface area contributed by atoms with E-state index in [1.54, 1.807) is 18.2 Å². The van der Waals surface area contributed by atoms with E-state index >= 15 is 0 Å². The molecule has 3 rings (SSSR count). The van der Waals surface area contributed by atoms with Gasteiger partial charge in [-0.2, -0.15) is 0 Å². The van der Waals surface area contributed by atoms with Gasteiger partial charge in [-0.25, -0.2) is 0 Å². The van der Waals surface area contributed by atoms with Crippen molar-refractivity contribution in [1.29, 1.82) is 0 Å². The summed E-state index contributed by atoms with van der Waals surface area (Å²) >= 11 is 5.83. The number of hydrogen-bond donors (Lipinski definition) is 1. The zero-order valence-corrected chi connectivity index (χ0v) is 9.89. The standard InChI is InChI=1S/C12H8ClN3O2/c13-8-3-1-7(2-4-8)9-5-6-10(17-9)11-15-16-12(14)18-11/h1-6H,(H2,14,16). The number of halogens is 1. The van der Waals surface area contributed by atoms with Crippen molar-refractivity contribution in [2.45, 2.75) is 0 Å². The number of anilines is 1. The molecule has 6 heteroatoms. The fourth-order valence-electron chi connectivity index (χ4n) is 1.56. The monoisotopic (exact) mass is 261 g/mol. The first-order valence-electron chi connectivity index (χ1n) is 5.17. The normalized spacial score (nSPS) is 10.7. The molecule has 0 radical (unpaired) electrons. The number of hydrogen-bond acceptors (Lipinski definition) is 5. The summed E-state index contributed by atoms with van der Waals surface area (Å²) in [4.78, 5) is 0. The zero-order chi connectivity index (χ0) is 12.5. The van der Waals surface area contributed by atoms with Crippen molar-refractivity contribution in [3.63, 3.8) is 0 Å². The second-order valence-corrected chi connectivity index (χ2v) is 4.05. The van der Waals surface area contributed by atoms with E-state index in [9.17, 15) is 0 Å². The molecule has 0 fully saturated rings. The highest BCUT2D eigenvalue weighted by atomic mass is 35.5. The van der Waals surface area contributed by atoms with Crippen LogP contribution in [0.1, 0.15) is 0 Å². The summed E-state index contributed by atoms with van der Waals surface area (Å²) in [5.41, 5.74) is 6.27. The van der Waals surface area contributed by atoms with Gasteiger partial charge in [-0.1, -0.05) is 16.7 Å². The van der Waals surface area contributed by atoms with Crippen LogP contribution in [0.5, 0.6) is 0 Å². The Kier molecular flexibility index (Phi) is 2.53. The molecule has 1 aromatic carbocycles. The SMILES string of the molecule is Nc1nnc(-c2ccc(-c3ccc(Cl)cc3)o2)o1. The summed E-state index contributed by atoms with van der Waals surface area (Å²) < 4.78 is 10.7. The number of furan rings is 1. The molecule has 90 valence electrons. The lowest BCUT2D eigenvalue weighted by Gasteiger charge is -1.96. The molecule has 0 saturated carbocycles. The molecular formula is C12H8ClN3O2. The van der Waals surface area contributed by atoms with Crippen molar-refractivity contribution in [1.82, 2.24) is 10.2 Å². The second-order valence-electron chi connectivity index (χ2n) is 3.62. The van der Waals surface area contributed by atoms with Crippen molar-refractivity contribution in [3.05, 3.63) is 41.4 Å². The maximum absolute atomic E-state index is 5.83. The summed E-state index contributed by atoms with van der Waals surface area (Å²) in [7, 11) is 0. The maximum Gasteiger partial charge on any atom is 0.313 e. The Balaban J connectivity index is 1.96. The molecule has 18 heavy (non-hydrogen) atoms. The predicted molar refractivity (Wildman–Crippen MR) is 66.9 cm³/mol. The molecule has 0 atom stereocenters. The average molecular weight is 262 g/mol. The van der Waals surface area contributed by atoms with Gasteiger partial charge in [0.05, 0.1) is 0 Å². The van der Waals surface area contributed by atoms with Crippen LogP contribution in [-0.2, 0) is 0 Å². The molecule has 2 aromatic heterocycles. The van der Waals surface area contributed by atoms with Crippen LogP contribution in [-0.4, -0.2) is 10.2 Å². The minimum atomic E-state index is 0.00874. The van der Waals surface area contributed by atoms with Gasteiger partial charge in [-0.15, -0.1) is 5.10 Å². The Hall–Kier alpha value is -2.27. The van der Waals surface area contributed by atoms with Gasteiger partial charge < -0.3 is 14.6 Å². The molecule has 0 spiro atoms. The first-order chi connectivity index (χ1) is 8.72. The maximum atomic E-state index is 5.83. The largest absolute Gasteiger partial charge is 0.451 e. The van der Waals surface area contributed by atoms with Crippen LogP contribution in [0.15, 0.2) is 45.2 Å². The highest BCUT2D eigenvalue weighted by Gasteiger charge is 2.12. The molecule has 0 amide bonds. The van der Waals surface area contributed by atoms with Crippen molar-refractivity contribution in [2.75, 3.05) is 5.73 Å². The second kappa shape index (κ2) is 4.19. The highest BCUT2D eigenvalue weighted by molar-refractivity contribution is 6.30. The van der Waals surface area contributed by atoms with E-state index in [1.807, 2.05) is 18.2 Å². The van der Waals surface area contributed by atoms with Gasteiger partial charge in [0.25, 0.3) is 5.89 Å². The molecular weight excluding hydrogens is 254 g/mol. The fraction of sp³-hybridized carbons (Fsp3) is 0. The van der Waals surface area contributed by atoms with Crippen LogP contribution < -0.4 is 5.73 Å². The van der Waals surface area contributed by atoms with Crippen LogP contribution in [0, 0.1) is 0 Å². The van der Waals surface area contributed by atoms with E-state index in [1.165, 1.54) is 0 Å². The van der Waals surface area contributed by atoms with Crippen LogP contribution in [0.2, 0.25) is 5.02 Å². The third-order valence-electron chi connectivity index (χ3n) is 2.39. The quantitative estimate of drug-likeness (QED) is 0.766. The Morgan fingerprint density at radius 2 is 1.61 bits per heavy atom. The smallest absolute Gasteiger partial charge is 0.313 e. The Bertz CT molecular complexity index is 673. The molecule has 0 aliphatic carbocycles. The lowest BCUT2D eigenvalue weighted by molar-refractivity contribution is 0.533. The molecule has 3 aromatic rings. The van der Waals surface area contributed by atoms with Crippen molar-refractivity contribution in [2.24, 2.45) is 0 Å². The highest BCUT2D eigenvalue weighted by Crippen LogP contribution is 2.28. The van der Waals surface area contributed by atoms with Gasteiger partial charge in [0, 0.05) is 10.6 Å². The molecule has 0 bridgehead atoms. The van der Waals surface area contributed by atoms with E-state index in [0.717, 1.165) is 5.56 Å². The minimum Gasteiger partial charge on any atom is -0.451 e. The van der Waals surface area contributed by atoms with Crippen molar-refractivity contribution >= 4 is 17.6 Å².